The Bertz CT molecular complexity index is 1380. The first kappa shape index (κ1) is 19.1. The van der Waals surface area contributed by atoms with Crippen molar-refractivity contribution in [3.05, 3.63) is 87.9 Å². The lowest BCUT2D eigenvalue weighted by Gasteiger charge is -2.15. The Labute approximate surface area is 180 Å². The largest absolute Gasteiger partial charge is 0.380 e. The first-order valence-corrected chi connectivity index (χ1v) is 10.5. The van der Waals surface area contributed by atoms with E-state index in [1.807, 2.05) is 35.4 Å². The van der Waals surface area contributed by atoms with E-state index >= 15 is 0 Å². The van der Waals surface area contributed by atoms with Crippen molar-refractivity contribution in [3.63, 3.8) is 0 Å². The van der Waals surface area contributed by atoms with Gasteiger partial charge in [-0.1, -0.05) is 30.2 Å². The van der Waals surface area contributed by atoms with Crippen LogP contribution in [0.5, 0.6) is 0 Å². The second-order valence-corrected chi connectivity index (χ2v) is 7.91. The summed E-state index contributed by atoms with van der Waals surface area (Å²) < 4.78 is 3.80. The molecule has 0 saturated heterocycles. The van der Waals surface area contributed by atoms with Crippen LogP contribution in [-0.2, 0) is 26.4 Å². The van der Waals surface area contributed by atoms with Crippen molar-refractivity contribution in [3.8, 4) is 11.8 Å². The lowest BCUT2D eigenvalue weighted by atomic mass is 10.1. The smallest absolute Gasteiger partial charge is 0.206 e. The van der Waals surface area contributed by atoms with Crippen molar-refractivity contribution >= 4 is 16.7 Å². The van der Waals surface area contributed by atoms with E-state index in [0.29, 0.717) is 29.2 Å². The van der Waals surface area contributed by atoms with Gasteiger partial charge in [-0.2, -0.15) is 0 Å². The van der Waals surface area contributed by atoms with E-state index in [1.165, 1.54) is 11.1 Å². The minimum atomic E-state index is -0.0970. The lowest BCUT2D eigenvalue weighted by Crippen LogP contribution is -2.20. The molecule has 1 aromatic carbocycles. The first-order valence-electron chi connectivity index (χ1n) is 10.5. The van der Waals surface area contributed by atoms with E-state index in [-0.39, 0.29) is 5.43 Å². The summed E-state index contributed by atoms with van der Waals surface area (Å²) in [6.45, 7) is 2.74. The molecule has 154 valence electrons. The summed E-state index contributed by atoms with van der Waals surface area (Å²) in [6, 6.07) is 10.7. The zero-order valence-corrected chi connectivity index (χ0v) is 17.6. The molecule has 0 radical (unpaired) electrons. The second-order valence-electron chi connectivity index (χ2n) is 7.91. The topological polar surface area (TPSA) is 64.7 Å². The number of nitrogens with one attached hydrogen (secondary N) is 1. The van der Waals surface area contributed by atoms with Gasteiger partial charge in [0.15, 0.2) is 0 Å². The molecule has 0 bridgehead atoms. The molecule has 0 spiro atoms. The van der Waals surface area contributed by atoms with Gasteiger partial charge < -0.3 is 14.5 Å². The predicted octanol–water partition coefficient (Wildman–Crippen LogP) is 3.13. The Balaban J connectivity index is 1.50. The van der Waals surface area contributed by atoms with Crippen molar-refractivity contribution in [1.82, 2.24) is 19.1 Å². The molecule has 6 nitrogen and oxygen atoms in total. The fourth-order valence-electron chi connectivity index (χ4n) is 4.19. The molecular formula is C25H23N5O. The maximum atomic E-state index is 13.2. The van der Waals surface area contributed by atoms with Gasteiger partial charge in [-0.3, -0.25) is 4.79 Å². The number of hydrogen-bond acceptors (Lipinski definition) is 4. The minimum absolute atomic E-state index is 0.0970. The highest BCUT2D eigenvalue weighted by atomic mass is 16.1. The summed E-state index contributed by atoms with van der Waals surface area (Å²) in [5.41, 5.74) is 5.44. The number of rotatable bonds is 3. The molecule has 0 fully saturated rings. The summed E-state index contributed by atoms with van der Waals surface area (Å²) in [5, 5.41) is 4.15. The highest BCUT2D eigenvalue weighted by molar-refractivity contribution is 5.80. The molecule has 5 rings (SSSR count). The van der Waals surface area contributed by atoms with Crippen molar-refractivity contribution in [2.75, 3.05) is 5.32 Å². The number of anilines is 1. The van der Waals surface area contributed by atoms with Gasteiger partial charge in [-0.15, -0.1) is 0 Å². The molecule has 0 aliphatic heterocycles. The summed E-state index contributed by atoms with van der Waals surface area (Å²) in [6.07, 6.45) is 8.94. The van der Waals surface area contributed by atoms with Crippen LogP contribution >= 0.6 is 0 Å². The van der Waals surface area contributed by atoms with E-state index in [4.69, 9.17) is 0 Å². The molecule has 0 unspecified atom stereocenters. The number of pyridine rings is 2. The van der Waals surface area contributed by atoms with Crippen molar-refractivity contribution in [1.29, 1.82) is 0 Å². The van der Waals surface area contributed by atoms with Crippen LogP contribution in [0.4, 0.5) is 5.69 Å². The van der Waals surface area contributed by atoms with E-state index in [9.17, 15) is 4.79 Å². The third-order valence-electron chi connectivity index (χ3n) is 5.82. The fraction of sp³-hybridized carbons (Fsp3) is 0.240. The molecule has 31 heavy (non-hydrogen) atoms. The number of nitrogens with zero attached hydrogens (tertiary/aromatic N) is 4. The third-order valence-corrected chi connectivity index (χ3v) is 5.82. The minimum Gasteiger partial charge on any atom is -0.380 e. The Hall–Kier alpha value is -3.85. The van der Waals surface area contributed by atoms with E-state index in [0.717, 1.165) is 24.2 Å². The molecule has 1 N–H and O–H groups in total. The number of aromatic nitrogens is 4. The summed E-state index contributed by atoms with van der Waals surface area (Å²) in [4.78, 5) is 21.9. The van der Waals surface area contributed by atoms with Crippen LogP contribution in [0.1, 0.15) is 29.3 Å². The predicted molar refractivity (Wildman–Crippen MR) is 122 cm³/mol. The SMILES string of the molecule is CCn1cc(C#Cc2cncn2C)c(=O)c2cc(NC3Cc4ccccc4C3)cnc21. The molecule has 4 aromatic rings. The lowest BCUT2D eigenvalue weighted by molar-refractivity contribution is 0.768. The highest BCUT2D eigenvalue weighted by Gasteiger charge is 2.21. The number of hydrogen-bond donors (Lipinski definition) is 1. The van der Waals surface area contributed by atoms with E-state index < -0.39 is 0 Å². The van der Waals surface area contributed by atoms with Crippen LogP contribution in [0.3, 0.4) is 0 Å². The van der Waals surface area contributed by atoms with Crippen LogP contribution < -0.4 is 10.7 Å². The van der Waals surface area contributed by atoms with Crippen molar-refractivity contribution in [2.45, 2.75) is 32.4 Å². The number of fused-ring (bicyclic) bond motifs is 2. The van der Waals surface area contributed by atoms with Gasteiger partial charge in [0.1, 0.15) is 11.3 Å². The standard InChI is InChI=1S/C25H23N5O/c1-3-30-15-19(8-9-22-14-26-16-29(22)2)24(31)23-12-21(13-27-25(23)30)28-20-10-17-6-4-5-7-18(17)11-20/h4-7,12-16,20,28H,3,10-11H2,1-2H3. The van der Waals surface area contributed by atoms with Crippen LogP contribution in [0, 0.1) is 11.8 Å². The molecular weight excluding hydrogens is 386 g/mol. The van der Waals surface area contributed by atoms with E-state index in [2.05, 4.69) is 51.4 Å². The normalized spacial score (nSPS) is 13.1. The van der Waals surface area contributed by atoms with Crippen LogP contribution in [0.25, 0.3) is 11.0 Å². The van der Waals surface area contributed by atoms with Gasteiger partial charge >= 0.3 is 0 Å². The number of imidazole rings is 1. The Morgan fingerprint density at radius 3 is 2.61 bits per heavy atom. The third kappa shape index (κ3) is 3.59. The molecule has 0 saturated carbocycles. The molecule has 0 amide bonds. The monoisotopic (exact) mass is 409 g/mol. The van der Waals surface area contributed by atoms with Crippen LogP contribution in [-0.4, -0.2) is 25.1 Å². The maximum Gasteiger partial charge on any atom is 0.206 e. The summed E-state index contributed by atoms with van der Waals surface area (Å²) >= 11 is 0. The fourth-order valence-corrected chi connectivity index (χ4v) is 4.19. The Kier molecular flexibility index (Phi) is 4.79. The van der Waals surface area contributed by atoms with Gasteiger partial charge in [0, 0.05) is 25.8 Å². The first-order chi connectivity index (χ1) is 15.1. The van der Waals surface area contributed by atoms with E-state index in [1.54, 1.807) is 18.7 Å². The summed E-state index contributed by atoms with van der Waals surface area (Å²) in [7, 11) is 1.88. The van der Waals surface area contributed by atoms with Crippen molar-refractivity contribution < 1.29 is 0 Å². The van der Waals surface area contributed by atoms with Gasteiger partial charge in [-0.05, 0) is 42.9 Å². The second kappa shape index (κ2) is 7.77. The molecule has 6 heteroatoms. The molecule has 3 aromatic heterocycles. The van der Waals surface area contributed by atoms with Crippen LogP contribution in [0.15, 0.2) is 60.0 Å². The van der Waals surface area contributed by atoms with Gasteiger partial charge in [-0.25, -0.2) is 9.97 Å². The zero-order valence-electron chi connectivity index (χ0n) is 17.6. The average Bonchev–Trinajstić information content (AvgIpc) is 3.38. The number of benzene rings is 1. The van der Waals surface area contributed by atoms with Crippen LogP contribution in [0.2, 0.25) is 0 Å². The number of aryl methyl sites for hydroxylation is 2. The zero-order chi connectivity index (χ0) is 21.4. The highest BCUT2D eigenvalue weighted by Crippen LogP contribution is 2.25. The van der Waals surface area contributed by atoms with Gasteiger partial charge in [0.05, 0.1) is 35.4 Å². The average molecular weight is 409 g/mol. The summed E-state index contributed by atoms with van der Waals surface area (Å²) in [5.74, 6) is 6.09. The molecule has 1 aliphatic rings. The Morgan fingerprint density at radius 2 is 1.94 bits per heavy atom. The molecule has 3 heterocycles. The van der Waals surface area contributed by atoms with Gasteiger partial charge in [0.2, 0.25) is 5.43 Å². The molecule has 0 atom stereocenters. The molecule has 1 aliphatic carbocycles. The Morgan fingerprint density at radius 1 is 1.16 bits per heavy atom. The van der Waals surface area contributed by atoms with Gasteiger partial charge in [0.25, 0.3) is 0 Å². The quantitative estimate of drug-likeness (QED) is 0.528. The van der Waals surface area contributed by atoms with Crippen molar-refractivity contribution in [2.24, 2.45) is 7.05 Å². The maximum absolute atomic E-state index is 13.2.